The van der Waals surface area contributed by atoms with Crippen molar-refractivity contribution in [2.45, 2.75) is 45.3 Å². The van der Waals surface area contributed by atoms with Gasteiger partial charge in [-0.2, -0.15) is 0 Å². The van der Waals surface area contributed by atoms with Gasteiger partial charge in [-0.1, -0.05) is 25.5 Å². The first-order valence-electron chi connectivity index (χ1n) is 7.40. The fourth-order valence-electron chi connectivity index (χ4n) is 2.62. The summed E-state index contributed by atoms with van der Waals surface area (Å²) in [5, 5.41) is 13.2. The molecule has 3 heteroatoms. The Morgan fingerprint density at radius 1 is 1.37 bits per heavy atom. The Morgan fingerprint density at radius 3 is 3.00 bits per heavy atom. The Hall–Kier alpha value is -1.06. The fraction of sp³-hybridized carbons (Fsp3) is 0.625. The first-order valence-corrected chi connectivity index (χ1v) is 7.40. The van der Waals surface area contributed by atoms with Crippen LogP contribution in [0.4, 0.5) is 0 Å². The summed E-state index contributed by atoms with van der Waals surface area (Å²) in [5.74, 6) is 1.38. The van der Waals surface area contributed by atoms with Gasteiger partial charge in [0.05, 0.1) is 12.7 Å². The third kappa shape index (κ3) is 4.51. The maximum Gasteiger partial charge on any atom is 0.119 e. The van der Waals surface area contributed by atoms with Crippen molar-refractivity contribution in [1.82, 2.24) is 5.32 Å². The van der Waals surface area contributed by atoms with Crippen LogP contribution in [0.2, 0.25) is 0 Å². The van der Waals surface area contributed by atoms with E-state index in [1.165, 1.54) is 5.56 Å². The van der Waals surface area contributed by atoms with E-state index in [4.69, 9.17) is 4.74 Å². The van der Waals surface area contributed by atoms with Crippen molar-refractivity contribution >= 4 is 0 Å². The van der Waals surface area contributed by atoms with Gasteiger partial charge in [0.25, 0.3) is 0 Å². The second kappa shape index (κ2) is 7.51. The Morgan fingerprint density at radius 2 is 2.26 bits per heavy atom. The van der Waals surface area contributed by atoms with E-state index >= 15 is 0 Å². The zero-order valence-electron chi connectivity index (χ0n) is 11.8. The van der Waals surface area contributed by atoms with Gasteiger partial charge in [0, 0.05) is 13.1 Å². The van der Waals surface area contributed by atoms with Gasteiger partial charge in [-0.05, 0) is 42.9 Å². The molecule has 0 spiro atoms. The fourth-order valence-corrected chi connectivity index (χ4v) is 2.62. The van der Waals surface area contributed by atoms with E-state index in [1.807, 2.05) is 12.1 Å². The van der Waals surface area contributed by atoms with E-state index in [2.05, 4.69) is 24.4 Å². The van der Waals surface area contributed by atoms with E-state index in [-0.39, 0.29) is 6.10 Å². The molecule has 106 valence electrons. The highest BCUT2D eigenvalue weighted by Crippen LogP contribution is 2.24. The van der Waals surface area contributed by atoms with Crippen molar-refractivity contribution in [3.05, 3.63) is 29.8 Å². The molecule has 0 bridgehead atoms. The summed E-state index contributed by atoms with van der Waals surface area (Å²) in [6.07, 6.45) is 4.20. The zero-order valence-corrected chi connectivity index (χ0v) is 11.8. The maximum absolute atomic E-state index is 9.77. The number of rotatable bonds is 7. The highest BCUT2D eigenvalue weighted by atomic mass is 16.5. The molecule has 0 heterocycles. The van der Waals surface area contributed by atoms with Gasteiger partial charge in [-0.3, -0.25) is 0 Å². The molecule has 3 nitrogen and oxygen atoms in total. The third-order valence-electron chi connectivity index (χ3n) is 3.73. The van der Waals surface area contributed by atoms with E-state index in [1.54, 1.807) is 0 Å². The molecule has 1 aromatic rings. The lowest BCUT2D eigenvalue weighted by Gasteiger charge is -2.15. The Bertz CT molecular complexity index is 381. The summed E-state index contributed by atoms with van der Waals surface area (Å²) in [6, 6.07) is 8.23. The summed E-state index contributed by atoms with van der Waals surface area (Å²) < 4.78 is 5.62. The van der Waals surface area contributed by atoms with E-state index in [9.17, 15) is 5.11 Å². The van der Waals surface area contributed by atoms with Gasteiger partial charge in [0.1, 0.15) is 5.75 Å². The molecule has 1 fully saturated rings. The average Bonchev–Trinajstić information content (AvgIpc) is 2.83. The molecule has 2 unspecified atom stereocenters. The molecular weight excluding hydrogens is 238 g/mol. The van der Waals surface area contributed by atoms with E-state index < -0.39 is 0 Å². The van der Waals surface area contributed by atoms with Crippen LogP contribution in [0.15, 0.2) is 24.3 Å². The van der Waals surface area contributed by atoms with E-state index in [0.717, 1.165) is 51.1 Å². The van der Waals surface area contributed by atoms with Crippen LogP contribution in [0.3, 0.4) is 0 Å². The Labute approximate surface area is 116 Å². The molecular formula is C16H25NO2. The topological polar surface area (TPSA) is 41.5 Å². The molecule has 1 saturated carbocycles. The van der Waals surface area contributed by atoms with Gasteiger partial charge in [-0.15, -0.1) is 0 Å². The Kier molecular flexibility index (Phi) is 5.67. The van der Waals surface area contributed by atoms with Crippen molar-refractivity contribution in [2.75, 3.05) is 13.2 Å². The standard InChI is InChI=1S/C16H25NO2/c1-2-9-19-15-7-3-5-13(10-15)11-17-12-14-6-4-8-16(14)18/h3,5,7,10,14,16-18H,2,4,6,8-9,11-12H2,1H3. The summed E-state index contributed by atoms with van der Waals surface area (Å²) in [6.45, 7) is 4.62. The molecule has 0 radical (unpaired) electrons. The van der Waals surface area contributed by atoms with Crippen molar-refractivity contribution in [1.29, 1.82) is 0 Å². The van der Waals surface area contributed by atoms with E-state index in [0.29, 0.717) is 5.92 Å². The van der Waals surface area contributed by atoms with Crippen LogP contribution in [0.5, 0.6) is 5.75 Å². The summed E-state index contributed by atoms with van der Waals surface area (Å²) in [5.41, 5.74) is 1.24. The van der Waals surface area contributed by atoms with Gasteiger partial charge < -0.3 is 15.2 Å². The van der Waals surface area contributed by atoms with Crippen LogP contribution in [0, 0.1) is 5.92 Å². The largest absolute Gasteiger partial charge is 0.494 e. The normalized spacial score (nSPS) is 22.6. The van der Waals surface area contributed by atoms with Crippen LogP contribution in [-0.4, -0.2) is 24.4 Å². The van der Waals surface area contributed by atoms with Gasteiger partial charge in [0.2, 0.25) is 0 Å². The minimum Gasteiger partial charge on any atom is -0.494 e. The highest BCUT2D eigenvalue weighted by molar-refractivity contribution is 5.28. The number of benzene rings is 1. The molecule has 0 amide bonds. The lowest BCUT2D eigenvalue weighted by atomic mass is 10.1. The molecule has 0 aromatic heterocycles. The monoisotopic (exact) mass is 263 g/mol. The van der Waals surface area contributed by atoms with Crippen LogP contribution in [0.25, 0.3) is 0 Å². The van der Waals surface area contributed by atoms with Crippen LogP contribution in [0.1, 0.15) is 38.2 Å². The van der Waals surface area contributed by atoms with Gasteiger partial charge in [-0.25, -0.2) is 0 Å². The number of aliphatic hydroxyl groups excluding tert-OH is 1. The van der Waals surface area contributed by atoms with Crippen molar-refractivity contribution in [3.63, 3.8) is 0 Å². The summed E-state index contributed by atoms with van der Waals surface area (Å²) in [7, 11) is 0. The first kappa shape index (κ1) is 14.4. The average molecular weight is 263 g/mol. The predicted molar refractivity (Wildman–Crippen MR) is 77.3 cm³/mol. The van der Waals surface area contributed by atoms with Crippen LogP contribution < -0.4 is 10.1 Å². The number of ether oxygens (including phenoxy) is 1. The summed E-state index contributed by atoms with van der Waals surface area (Å²) >= 11 is 0. The lowest BCUT2D eigenvalue weighted by Crippen LogP contribution is -2.27. The number of nitrogens with one attached hydrogen (secondary N) is 1. The van der Waals surface area contributed by atoms with Gasteiger partial charge in [0.15, 0.2) is 0 Å². The smallest absolute Gasteiger partial charge is 0.119 e. The maximum atomic E-state index is 9.77. The van der Waals surface area contributed by atoms with Crippen molar-refractivity contribution in [2.24, 2.45) is 5.92 Å². The van der Waals surface area contributed by atoms with Crippen molar-refractivity contribution < 1.29 is 9.84 Å². The zero-order chi connectivity index (χ0) is 13.5. The second-order valence-corrected chi connectivity index (χ2v) is 5.39. The molecule has 2 rings (SSSR count). The molecule has 0 aliphatic heterocycles. The molecule has 2 N–H and O–H groups in total. The van der Waals surface area contributed by atoms with Crippen molar-refractivity contribution in [3.8, 4) is 5.75 Å². The molecule has 1 aliphatic rings. The van der Waals surface area contributed by atoms with Crippen LogP contribution in [-0.2, 0) is 6.54 Å². The number of hydrogen-bond donors (Lipinski definition) is 2. The Balaban J connectivity index is 1.75. The first-order chi connectivity index (χ1) is 9.29. The predicted octanol–water partition coefficient (Wildman–Crippen LogP) is 2.73. The lowest BCUT2D eigenvalue weighted by molar-refractivity contribution is 0.131. The quantitative estimate of drug-likeness (QED) is 0.795. The summed E-state index contributed by atoms with van der Waals surface area (Å²) in [4.78, 5) is 0. The molecule has 2 atom stereocenters. The minimum atomic E-state index is -0.105. The molecule has 0 saturated heterocycles. The third-order valence-corrected chi connectivity index (χ3v) is 3.73. The molecule has 19 heavy (non-hydrogen) atoms. The number of hydrogen-bond acceptors (Lipinski definition) is 3. The highest BCUT2D eigenvalue weighted by Gasteiger charge is 2.24. The minimum absolute atomic E-state index is 0.105. The number of aliphatic hydroxyl groups is 1. The van der Waals surface area contributed by atoms with Gasteiger partial charge >= 0.3 is 0 Å². The SMILES string of the molecule is CCCOc1cccc(CNCC2CCCC2O)c1. The molecule has 1 aliphatic carbocycles. The molecule has 1 aromatic carbocycles. The second-order valence-electron chi connectivity index (χ2n) is 5.39. The van der Waals surface area contributed by atoms with Crippen LogP contribution >= 0.6 is 0 Å².